The Morgan fingerprint density at radius 3 is 2.54 bits per heavy atom. The topological polar surface area (TPSA) is 61.8 Å². The van der Waals surface area contributed by atoms with Crippen LogP contribution in [0.15, 0.2) is 0 Å². The van der Waals surface area contributed by atoms with Crippen molar-refractivity contribution in [3.8, 4) is 0 Å². The maximum atomic E-state index is 12.8. The second-order valence-electron chi connectivity index (χ2n) is 10.6. The fourth-order valence-electron chi connectivity index (χ4n) is 8.05. The first-order valence-electron chi connectivity index (χ1n) is 11.3. The molecule has 5 heteroatoms. The Morgan fingerprint density at radius 2 is 1.82 bits per heavy atom. The Morgan fingerprint density at radius 1 is 1.07 bits per heavy atom. The highest BCUT2D eigenvalue weighted by Gasteiger charge is 2.68. The second-order valence-corrected chi connectivity index (χ2v) is 10.6. The molecule has 0 aromatic rings. The van der Waals surface area contributed by atoms with E-state index in [9.17, 15) is 9.59 Å². The molecule has 0 aromatic heterocycles. The molecule has 0 aromatic carbocycles. The summed E-state index contributed by atoms with van der Waals surface area (Å²) >= 11 is 0. The Balaban J connectivity index is 1.51. The van der Waals surface area contributed by atoms with Crippen molar-refractivity contribution in [3.05, 3.63) is 0 Å². The summed E-state index contributed by atoms with van der Waals surface area (Å²) in [5.41, 5.74) is 0.0243. The molecule has 4 saturated carbocycles. The Hall–Kier alpha value is -0.940. The van der Waals surface area contributed by atoms with Gasteiger partial charge < -0.3 is 14.2 Å². The number of ether oxygens (including phenoxy) is 3. The van der Waals surface area contributed by atoms with E-state index in [0.717, 1.165) is 51.4 Å². The predicted octanol–water partition coefficient (Wildman–Crippen LogP) is 3.88. The van der Waals surface area contributed by atoms with E-state index in [1.807, 2.05) is 0 Å². The van der Waals surface area contributed by atoms with Gasteiger partial charge in [0.15, 0.2) is 5.79 Å². The zero-order chi connectivity index (χ0) is 19.7. The summed E-state index contributed by atoms with van der Waals surface area (Å²) in [5, 5.41) is 0. The molecule has 28 heavy (non-hydrogen) atoms. The molecule has 156 valence electrons. The monoisotopic (exact) mass is 390 g/mol. The van der Waals surface area contributed by atoms with E-state index < -0.39 is 5.79 Å². The summed E-state index contributed by atoms with van der Waals surface area (Å²) in [7, 11) is 0. The van der Waals surface area contributed by atoms with E-state index in [2.05, 4.69) is 13.8 Å². The van der Waals surface area contributed by atoms with E-state index >= 15 is 0 Å². The molecule has 5 rings (SSSR count). The number of hydrogen-bond acceptors (Lipinski definition) is 5. The average molecular weight is 391 g/mol. The highest BCUT2D eigenvalue weighted by Crippen LogP contribution is 2.69. The molecular formula is C23H34O5. The van der Waals surface area contributed by atoms with Crippen LogP contribution in [0.3, 0.4) is 0 Å². The number of Topliss-reactive ketones (excluding diaryl/α,β-unsaturated/α-hetero) is 1. The molecule has 0 radical (unpaired) electrons. The zero-order valence-electron chi connectivity index (χ0n) is 17.5. The zero-order valence-corrected chi connectivity index (χ0v) is 17.5. The quantitative estimate of drug-likeness (QED) is 0.636. The molecule has 5 aliphatic rings. The summed E-state index contributed by atoms with van der Waals surface area (Å²) in [5.74, 6) is 1.38. The van der Waals surface area contributed by atoms with Crippen LogP contribution in [-0.2, 0) is 23.8 Å². The molecular weight excluding hydrogens is 356 g/mol. The van der Waals surface area contributed by atoms with Crippen molar-refractivity contribution >= 4 is 11.8 Å². The van der Waals surface area contributed by atoms with Crippen LogP contribution in [0.4, 0.5) is 0 Å². The highest BCUT2D eigenvalue weighted by atomic mass is 16.7. The van der Waals surface area contributed by atoms with Gasteiger partial charge in [-0.25, -0.2) is 0 Å². The van der Waals surface area contributed by atoms with Crippen LogP contribution >= 0.6 is 0 Å². The van der Waals surface area contributed by atoms with E-state index in [4.69, 9.17) is 14.2 Å². The SMILES string of the molecule is CC(=O)O[C@H]1CC[C@@]2(C)[C@H](C1)CC1(OCCO1)[C@@H]1[C@H]2CC[C@]2(C)C(=O)CC[C@@H]12. The van der Waals surface area contributed by atoms with Gasteiger partial charge in [-0.2, -0.15) is 0 Å². The Labute approximate surface area is 167 Å². The number of fused-ring (bicyclic) bond motifs is 6. The van der Waals surface area contributed by atoms with Crippen LogP contribution in [0.1, 0.15) is 72.1 Å². The fraction of sp³-hybridized carbons (Fsp3) is 0.913. The molecule has 0 unspecified atom stereocenters. The smallest absolute Gasteiger partial charge is 0.302 e. The minimum Gasteiger partial charge on any atom is -0.463 e. The van der Waals surface area contributed by atoms with Crippen LogP contribution in [0.25, 0.3) is 0 Å². The van der Waals surface area contributed by atoms with E-state index in [-0.39, 0.29) is 22.9 Å². The van der Waals surface area contributed by atoms with E-state index in [1.54, 1.807) is 0 Å². The maximum absolute atomic E-state index is 12.8. The molecule has 7 atom stereocenters. The van der Waals surface area contributed by atoms with Gasteiger partial charge >= 0.3 is 5.97 Å². The lowest BCUT2D eigenvalue weighted by molar-refractivity contribution is -0.297. The molecule has 4 aliphatic carbocycles. The Bertz CT molecular complexity index is 682. The van der Waals surface area contributed by atoms with E-state index in [1.165, 1.54) is 6.92 Å². The van der Waals surface area contributed by atoms with Gasteiger partial charge in [-0.05, 0) is 61.7 Å². The van der Waals surface area contributed by atoms with Gasteiger partial charge in [-0.1, -0.05) is 13.8 Å². The predicted molar refractivity (Wildman–Crippen MR) is 102 cm³/mol. The van der Waals surface area contributed by atoms with Crippen molar-refractivity contribution in [2.45, 2.75) is 84.0 Å². The normalized spacial score (nSPS) is 49.4. The third kappa shape index (κ3) is 2.51. The first-order valence-corrected chi connectivity index (χ1v) is 11.3. The largest absolute Gasteiger partial charge is 0.463 e. The lowest BCUT2D eigenvalue weighted by Crippen LogP contribution is -2.64. The standard InChI is InChI=1S/C23H34O5/c1-14(24)28-16-6-8-21(2)15(12-16)13-23(26-10-11-27-23)20-17-4-5-19(25)22(17,3)9-7-18(20)21/h15-18,20H,4-13H2,1-3H3/t15-,16+,17+,18-,20+,21+,22+/m1/s1. The molecule has 5 nitrogen and oxygen atoms in total. The minimum atomic E-state index is -0.538. The maximum Gasteiger partial charge on any atom is 0.302 e. The first-order chi connectivity index (χ1) is 13.3. The molecule has 1 saturated heterocycles. The van der Waals surface area contributed by atoms with Gasteiger partial charge in [0.25, 0.3) is 0 Å². The van der Waals surface area contributed by atoms with Crippen molar-refractivity contribution in [1.82, 2.24) is 0 Å². The van der Waals surface area contributed by atoms with Gasteiger partial charge in [0.1, 0.15) is 11.9 Å². The lowest BCUT2D eigenvalue weighted by Gasteiger charge is -2.64. The number of ketones is 1. The van der Waals surface area contributed by atoms with Crippen LogP contribution in [0.2, 0.25) is 0 Å². The molecule has 1 aliphatic heterocycles. The van der Waals surface area contributed by atoms with Crippen molar-refractivity contribution in [2.75, 3.05) is 13.2 Å². The number of carbonyl (C=O) groups is 2. The highest BCUT2D eigenvalue weighted by molar-refractivity contribution is 5.87. The molecule has 5 fully saturated rings. The lowest BCUT2D eigenvalue weighted by atomic mass is 9.43. The van der Waals surface area contributed by atoms with Crippen molar-refractivity contribution < 1.29 is 23.8 Å². The summed E-state index contributed by atoms with van der Waals surface area (Å²) in [6, 6.07) is 0. The van der Waals surface area contributed by atoms with Gasteiger partial charge in [-0.3, -0.25) is 9.59 Å². The van der Waals surface area contributed by atoms with Crippen LogP contribution in [-0.4, -0.2) is 36.9 Å². The molecule has 0 N–H and O–H groups in total. The Kier molecular flexibility index (Phi) is 4.27. The number of rotatable bonds is 1. The molecule has 0 amide bonds. The van der Waals surface area contributed by atoms with Crippen molar-refractivity contribution in [1.29, 1.82) is 0 Å². The fourth-order valence-corrected chi connectivity index (χ4v) is 8.05. The number of esters is 1. The number of hydrogen-bond donors (Lipinski definition) is 0. The first kappa shape index (κ1) is 19.0. The number of carbonyl (C=O) groups excluding carboxylic acids is 2. The third-order valence-corrected chi connectivity index (χ3v) is 9.46. The molecule has 1 spiro atoms. The van der Waals surface area contributed by atoms with Crippen LogP contribution in [0, 0.1) is 34.5 Å². The van der Waals surface area contributed by atoms with Crippen LogP contribution < -0.4 is 0 Å². The van der Waals surface area contributed by atoms with Crippen molar-refractivity contribution in [2.24, 2.45) is 34.5 Å². The minimum absolute atomic E-state index is 0.0208. The van der Waals surface area contributed by atoms with Crippen molar-refractivity contribution in [3.63, 3.8) is 0 Å². The van der Waals surface area contributed by atoms with Gasteiger partial charge in [0.2, 0.25) is 0 Å². The summed E-state index contributed by atoms with van der Waals surface area (Å²) in [6.45, 7) is 7.47. The molecule has 0 bridgehead atoms. The van der Waals surface area contributed by atoms with Crippen LogP contribution in [0.5, 0.6) is 0 Å². The third-order valence-electron chi connectivity index (χ3n) is 9.46. The summed E-state index contributed by atoms with van der Waals surface area (Å²) in [4.78, 5) is 24.3. The van der Waals surface area contributed by atoms with Gasteiger partial charge in [0, 0.05) is 31.1 Å². The van der Waals surface area contributed by atoms with Gasteiger partial charge in [0.05, 0.1) is 13.2 Å². The second kappa shape index (κ2) is 6.28. The summed E-state index contributed by atoms with van der Waals surface area (Å²) < 4.78 is 18.4. The van der Waals surface area contributed by atoms with Gasteiger partial charge in [-0.15, -0.1) is 0 Å². The van der Waals surface area contributed by atoms with E-state index in [0.29, 0.717) is 42.7 Å². The summed E-state index contributed by atoms with van der Waals surface area (Å²) in [6.07, 6.45) is 7.64. The average Bonchev–Trinajstić information content (AvgIpc) is 3.22. The molecule has 1 heterocycles.